The fourth-order valence-electron chi connectivity index (χ4n) is 5.16. The molecule has 41 heavy (non-hydrogen) atoms. The van der Waals surface area contributed by atoms with Crippen LogP contribution >= 0.6 is 23.2 Å². The van der Waals surface area contributed by atoms with Gasteiger partial charge in [0.2, 0.25) is 21.8 Å². The number of amides is 2. The Labute approximate surface area is 252 Å². The predicted molar refractivity (Wildman–Crippen MR) is 165 cm³/mol. The van der Waals surface area contributed by atoms with Crippen LogP contribution in [-0.2, 0) is 32.6 Å². The number of hydrogen-bond donors (Lipinski definition) is 1. The van der Waals surface area contributed by atoms with Gasteiger partial charge in [0.1, 0.15) is 12.6 Å². The first-order valence-electron chi connectivity index (χ1n) is 13.7. The summed E-state index contributed by atoms with van der Waals surface area (Å²) in [5.41, 5.74) is 1.70. The molecule has 0 heterocycles. The molecule has 218 valence electrons. The van der Waals surface area contributed by atoms with Gasteiger partial charge in [0.05, 0.1) is 11.9 Å². The SMILES string of the molecule is CS(=O)(=O)N(CC(=O)N(Cc1c(Cl)cccc1Cl)[C@H](Cc1ccccc1)C(=O)NC1CCCCC1)c1ccccc1. The van der Waals surface area contributed by atoms with Gasteiger partial charge in [-0.05, 0) is 42.7 Å². The molecular formula is C31H35Cl2N3O4S. The van der Waals surface area contributed by atoms with E-state index in [1.807, 2.05) is 30.3 Å². The number of nitrogens with zero attached hydrogens (tertiary/aromatic N) is 2. The lowest BCUT2D eigenvalue weighted by atomic mass is 9.94. The van der Waals surface area contributed by atoms with E-state index in [1.165, 1.54) is 4.90 Å². The van der Waals surface area contributed by atoms with Crippen LogP contribution in [0.2, 0.25) is 10.0 Å². The Morgan fingerprint density at radius 1 is 0.878 bits per heavy atom. The summed E-state index contributed by atoms with van der Waals surface area (Å²) in [4.78, 5) is 29.6. The van der Waals surface area contributed by atoms with Crippen LogP contribution in [0.3, 0.4) is 0 Å². The van der Waals surface area contributed by atoms with Crippen LogP contribution in [0.5, 0.6) is 0 Å². The maximum atomic E-state index is 14.2. The highest BCUT2D eigenvalue weighted by Gasteiger charge is 2.34. The first-order valence-corrected chi connectivity index (χ1v) is 16.3. The van der Waals surface area contributed by atoms with Crippen LogP contribution in [0.1, 0.15) is 43.2 Å². The summed E-state index contributed by atoms with van der Waals surface area (Å²) in [7, 11) is -3.83. The molecule has 3 aromatic carbocycles. The summed E-state index contributed by atoms with van der Waals surface area (Å²) >= 11 is 13.0. The van der Waals surface area contributed by atoms with E-state index >= 15 is 0 Å². The van der Waals surface area contributed by atoms with E-state index < -0.39 is 28.5 Å². The van der Waals surface area contributed by atoms with Gasteiger partial charge in [0.25, 0.3) is 0 Å². The normalized spacial score (nSPS) is 14.7. The summed E-state index contributed by atoms with van der Waals surface area (Å²) < 4.78 is 26.7. The van der Waals surface area contributed by atoms with Crippen molar-refractivity contribution in [1.82, 2.24) is 10.2 Å². The van der Waals surface area contributed by atoms with Crippen molar-refractivity contribution in [1.29, 1.82) is 0 Å². The molecular weight excluding hydrogens is 581 g/mol. The van der Waals surface area contributed by atoms with Gasteiger partial charge in [-0.15, -0.1) is 0 Å². The molecule has 3 aromatic rings. The number of anilines is 1. The molecule has 0 aliphatic heterocycles. The van der Waals surface area contributed by atoms with Crippen LogP contribution in [0.15, 0.2) is 78.9 Å². The third kappa shape index (κ3) is 8.47. The summed E-state index contributed by atoms with van der Waals surface area (Å²) in [6.45, 7) is -0.563. The molecule has 0 bridgehead atoms. The number of carbonyl (C=O) groups is 2. The van der Waals surface area contributed by atoms with E-state index in [0.717, 1.165) is 48.2 Å². The van der Waals surface area contributed by atoms with Gasteiger partial charge in [-0.25, -0.2) is 8.42 Å². The van der Waals surface area contributed by atoms with Gasteiger partial charge in [-0.3, -0.25) is 13.9 Å². The molecule has 1 atom stereocenters. The number of carbonyl (C=O) groups excluding carboxylic acids is 2. The monoisotopic (exact) mass is 615 g/mol. The first-order chi connectivity index (χ1) is 19.6. The molecule has 0 unspecified atom stereocenters. The molecule has 1 fully saturated rings. The van der Waals surface area contributed by atoms with Gasteiger partial charge < -0.3 is 10.2 Å². The predicted octanol–water partition coefficient (Wildman–Crippen LogP) is 5.85. The van der Waals surface area contributed by atoms with Crippen LogP contribution in [0.4, 0.5) is 5.69 Å². The Hall–Kier alpha value is -3.07. The standard InChI is InChI=1S/C31H35Cl2N3O4S/c1-41(39,40)36(25-16-9-4-10-17-25)22-30(37)35(21-26-27(32)18-11-19-28(26)33)29(20-23-12-5-2-6-13-23)31(38)34-24-14-7-3-8-15-24/h2,4-6,9-13,16-19,24,29H,3,7-8,14-15,20-22H2,1H3,(H,34,38)/t29-/m1/s1. The average molecular weight is 617 g/mol. The van der Waals surface area contributed by atoms with Crippen molar-refractivity contribution in [2.24, 2.45) is 0 Å². The fraction of sp³-hybridized carbons (Fsp3) is 0.355. The van der Waals surface area contributed by atoms with E-state index in [2.05, 4.69) is 5.32 Å². The number of hydrogen-bond acceptors (Lipinski definition) is 4. The molecule has 2 amide bonds. The van der Waals surface area contributed by atoms with Crippen molar-refractivity contribution < 1.29 is 18.0 Å². The number of sulfonamides is 1. The minimum atomic E-state index is -3.83. The van der Waals surface area contributed by atoms with Crippen molar-refractivity contribution in [2.75, 3.05) is 17.1 Å². The van der Waals surface area contributed by atoms with E-state index in [0.29, 0.717) is 21.3 Å². The van der Waals surface area contributed by atoms with E-state index in [9.17, 15) is 18.0 Å². The molecule has 1 N–H and O–H groups in total. The third-order valence-electron chi connectivity index (χ3n) is 7.34. The number of nitrogens with one attached hydrogen (secondary N) is 1. The van der Waals surface area contributed by atoms with Crippen LogP contribution in [0, 0.1) is 0 Å². The highest BCUT2D eigenvalue weighted by atomic mass is 35.5. The Balaban J connectivity index is 1.75. The van der Waals surface area contributed by atoms with Gasteiger partial charge in [0, 0.05) is 34.6 Å². The van der Waals surface area contributed by atoms with Crippen LogP contribution in [0.25, 0.3) is 0 Å². The molecule has 0 saturated heterocycles. The molecule has 10 heteroatoms. The molecule has 0 spiro atoms. The second-order valence-electron chi connectivity index (χ2n) is 10.4. The average Bonchev–Trinajstić information content (AvgIpc) is 2.95. The first kappa shape index (κ1) is 30.9. The highest BCUT2D eigenvalue weighted by Crippen LogP contribution is 2.28. The second kappa shape index (κ2) is 14.2. The van der Waals surface area contributed by atoms with Crippen molar-refractivity contribution in [3.05, 3.63) is 100 Å². The summed E-state index contributed by atoms with van der Waals surface area (Å²) in [6, 6.07) is 22.0. The van der Waals surface area contributed by atoms with Gasteiger partial charge in [0.15, 0.2) is 0 Å². The maximum Gasteiger partial charge on any atom is 0.244 e. The van der Waals surface area contributed by atoms with Crippen molar-refractivity contribution >= 4 is 50.7 Å². The van der Waals surface area contributed by atoms with Gasteiger partial charge in [-0.1, -0.05) is 97.1 Å². The van der Waals surface area contributed by atoms with Crippen LogP contribution < -0.4 is 9.62 Å². The molecule has 1 aliphatic rings. The summed E-state index contributed by atoms with van der Waals surface area (Å²) in [6.07, 6.45) is 6.25. The van der Waals surface area contributed by atoms with Crippen molar-refractivity contribution in [2.45, 2.75) is 57.2 Å². The zero-order valence-corrected chi connectivity index (χ0v) is 25.3. The maximum absolute atomic E-state index is 14.2. The Morgan fingerprint density at radius 2 is 1.46 bits per heavy atom. The van der Waals surface area contributed by atoms with Crippen molar-refractivity contribution in [3.8, 4) is 0 Å². The molecule has 1 aliphatic carbocycles. The van der Waals surface area contributed by atoms with Crippen LogP contribution in [-0.4, -0.2) is 50.0 Å². The van der Waals surface area contributed by atoms with E-state index in [4.69, 9.17) is 23.2 Å². The largest absolute Gasteiger partial charge is 0.352 e. The Morgan fingerprint density at radius 3 is 2.05 bits per heavy atom. The third-order valence-corrected chi connectivity index (χ3v) is 9.18. The lowest BCUT2D eigenvalue weighted by Gasteiger charge is -2.35. The Kier molecular flexibility index (Phi) is 10.7. The fourth-order valence-corrected chi connectivity index (χ4v) is 6.53. The zero-order chi connectivity index (χ0) is 29.4. The number of rotatable bonds is 11. The molecule has 4 rings (SSSR count). The highest BCUT2D eigenvalue weighted by molar-refractivity contribution is 7.92. The Bertz CT molecular complexity index is 1410. The molecule has 0 aromatic heterocycles. The summed E-state index contributed by atoms with van der Waals surface area (Å²) in [5.74, 6) is -0.835. The second-order valence-corrected chi connectivity index (χ2v) is 13.1. The minimum absolute atomic E-state index is 0.0206. The van der Waals surface area contributed by atoms with E-state index in [-0.39, 0.29) is 24.9 Å². The molecule has 1 saturated carbocycles. The summed E-state index contributed by atoms with van der Waals surface area (Å²) in [5, 5.41) is 3.88. The zero-order valence-electron chi connectivity index (χ0n) is 23.0. The van der Waals surface area contributed by atoms with Gasteiger partial charge >= 0.3 is 0 Å². The topological polar surface area (TPSA) is 86.8 Å². The molecule has 0 radical (unpaired) electrons. The number of halogens is 2. The van der Waals surface area contributed by atoms with E-state index in [1.54, 1.807) is 48.5 Å². The lowest BCUT2D eigenvalue weighted by molar-refractivity contribution is -0.140. The minimum Gasteiger partial charge on any atom is -0.352 e. The smallest absolute Gasteiger partial charge is 0.244 e. The lowest BCUT2D eigenvalue weighted by Crippen LogP contribution is -2.55. The molecule has 7 nitrogen and oxygen atoms in total. The number of benzene rings is 3. The van der Waals surface area contributed by atoms with Crippen molar-refractivity contribution in [3.63, 3.8) is 0 Å². The quantitative estimate of drug-likeness (QED) is 0.293. The number of para-hydroxylation sites is 1. The van der Waals surface area contributed by atoms with Gasteiger partial charge in [-0.2, -0.15) is 0 Å².